The van der Waals surface area contributed by atoms with E-state index in [1.807, 2.05) is 21.1 Å². The summed E-state index contributed by atoms with van der Waals surface area (Å²) in [7, 11) is 1.12. The molecule has 0 rings (SSSR count). The number of hydrogen-bond acceptors (Lipinski definition) is 8. The summed E-state index contributed by atoms with van der Waals surface area (Å²) in [6.07, 6.45) is 70.9. The van der Waals surface area contributed by atoms with Gasteiger partial charge in [-0.25, -0.2) is 0 Å². The highest BCUT2D eigenvalue weighted by molar-refractivity contribution is 7.45. The van der Waals surface area contributed by atoms with E-state index in [2.05, 4.69) is 135 Å². The van der Waals surface area contributed by atoms with Crippen LogP contribution in [0.1, 0.15) is 194 Å². The Morgan fingerprint density at radius 1 is 0.443 bits per heavy atom. The predicted octanol–water partition coefficient (Wildman–Crippen LogP) is 16.2. The topological polar surface area (TPSA) is 111 Å². The third kappa shape index (κ3) is 53.8. The van der Waals surface area contributed by atoms with Crippen molar-refractivity contribution < 1.29 is 42.1 Å². The van der Waals surface area contributed by atoms with Crippen LogP contribution < -0.4 is 4.89 Å². The van der Waals surface area contributed by atoms with Crippen molar-refractivity contribution in [3.8, 4) is 0 Å². The first-order valence-electron chi connectivity index (χ1n) is 27.2. The summed E-state index contributed by atoms with van der Waals surface area (Å²) in [5.74, 6) is -0.877. The van der Waals surface area contributed by atoms with Gasteiger partial charge >= 0.3 is 11.9 Å². The molecule has 2 unspecified atom stereocenters. The van der Waals surface area contributed by atoms with E-state index in [1.54, 1.807) is 0 Å². The van der Waals surface area contributed by atoms with Gasteiger partial charge in [0.15, 0.2) is 6.10 Å². The quantitative estimate of drug-likeness (QED) is 0.0195. The minimum absolute atomic E-state index is 0.0441. The van der Waals surface area contributed by atoms with Gasteiger partial charge in [0.2, 0.25) is 0 Å². The normalized spacial score (nSPS) is 14.3. The molecule has 0 aromatic rings. The van der Waals surface area contributed by atoms with Crippen molar-refractivity contribution in [2.45, 2.75) is 200 Å². The van der Waals surface area contributed by atoms with Gasteiger partial charge in [0.25, 0.3) is 7.82 Å². The molecule has 0 bridgehead atoms. The second kappa shape index (κ2) is 50.4. The molecule has 0 aromatic carbocycles. The number of phosphoric acid groups is 1. The van der Waals surface area contributed by atoms with Crippen LogP contribution in [0.25, 0.3) is 0 Å². The van der Waals surface area contributed by atoms with Crippen molar-refractivity contribution in [1.29, 1.82) is 0 Å². The molecule has 9 nitrogen and oxygen atoms in total. The number of ether oxygens (including phenoxy) is 2. The van der Waals surface area contributed by atoms with Gasteiger partial charge in [-0.05, 0) is 103 Å². The largest absolute Gasteiger partial charge is 0.756 e. The molecule has 0 aliphatic heterocycles. The lowest BCUT2D eigenvalue weighted by molar-refractivity contribution is -0.870. The number of likely N-dealkylation sites (N-methyl/N-ethyl adjacent to an activating group) is 1. The highest BCUT2D eigenvalue weighted by atomic mass is 31.2. The fourth-order valence-corrected chi connectivity index (χ4v) is 7.55. The molecular weight excluding hydrogens is 894 g/mol. The number of esters is 2. The van der Waals surface area contributed by atoms with Crippen molar-refractivity contribution in [1.82, 2.24) is 0 Å². The Balaban J connectivity index is 4.31. The zero-order valence-corrected chi connectivity index (χ0v) is 45.8. The van der Waals surface area contributed by atoms with Crippen LogP contribution in [0.3, 0.4) is 0 Å². The van der Waals surface area contributed by atoms with Crippen LogP contribution in [0.15, 0.2) is 122 Å². The minimum Gasteiger partial charge on any atom is -0.756 e. The zero-order chi connectivity index (χ0) is 51.3. The van der Waals surface area contributed by atoms with Crippen molar-refractivity contribution >= 4 is 19.8 Å². The third-order valence-electron chi connectivity index (χ3n) is 11.0. The SMILES string of the molecule is CC/C=C\C/C=C\C/C=C\C/C=C\C/C=C\C/C=C\CCCCCCC(=O)OC(COC(=O)CCCCCCCCCCCC/C=C\C/C=C\C/C=C\C/C=C\CC)COP(=O)([O-])OCC[N+](C)(C)C. The second-order valence-corrected chi connectivity index (χ2v) is 20.2. The maximum Gasteiger partial charge on any atom is 0.306 e. The lowest BCUT2D eigenvalue weighted by Gasteiger charge is -2.28. The van der Waals surface area contributed by atoms with E-state index in [1.165, 1.54) is 38.5 Å². The van der Waals surface area contributed by atoms with E-state index < -0.39 is 32.5 Å². The van der Waals surface area contributed by atoms with Crippen LogP contribution in [0.4, 0.5) is 0 Å². The number of unbranched alkanes of at least 4 members (excludes halogenated alkanes) is 14. The molecule has 0 N–H and O–H groups in total. The summed E-state index contributed by atoms with van der Waals surface area (Å²) in [4.78, 5) is 37.8. The zero-order valence-electron chi connectivity index (χ0n) is 44.9. The number of rotatable bonds is 48. The van der Waals surface area contributed by atoms with E-state index in [9.17, 15) is 19.0 Å². The number of quaternary nitrogens is 1. The molecule has 0 saturated carbocycles. The van der Waals surface area contributed by atoms with Crippen LogP contribution >= 0.6 is 7.82 Å². The maximum atomic E-state index is 12.8. The van der Waals surface area contributed by atoms with Crippen molar-refractivity contribution in [3.63, 3.8) is 0 Å². The lowest BCUT2D eigenvalue weighted by Crippen LogP contribution is -2.37. The molecule has 0 radical (unpaired) electrons. The van der Waals surface area contributed by atoms with E-state index in [-0.39, 0.29) is 26.1 Å². The van der Waals surface area contributed by atoms with Gasteiger partial charge in [-0.2, -0.15) is 0 Å². The number of carbonyl (C=O) groups is 2. The molecule has 0 aliphatic carbocycles. The van der Waals surface area contributed by atoms with Crippen LogP contribution in [0.2, 0.25) is 0 Å². The van der Waals surface area contributed by atoms with Crippen LogP contribution in [-0.2, 0) is 32.7 Å². The molecule has 0 fully saturated rings. The van der Waals surface area contributed by atoms with E-state index >= 15 is 0 Å². The second-order valence-electron chi connectivity index (χ2n) is 18.8. The molecule has 0 aliphatic rings. The Morgan fingerprint density at radius 3 is 1.14 bits per heavy atom. The van der Waals surface area contributed by atoms with Gasteiger partial charge in [-0.1, -0.05) is 200 Å². The summed E-state index contributed by atoms with van der Waals surface area (Å²) < 4.78 is 34.1. The molecule has 70 heavy (non-hydrogen) atoms. The molecule has 2 atom stereocenters. The molecule has 0 amide bonds. The first-order chi connectivity index (χ1) is 34.0. The van der Waals surface area contributed by atoms with Gasteiger partial charge in [-0.15, -0.1) is 0 Å². The number of carbonyl (C=O) groups excluding carboxylic acids is 2. The molecule has 10 heteroatoms. The van der Waals surface area contributed by atoms with Crippen LogP contribution in [0.5, 0.6) is 0 Å². The van der Waals surface area contributed by atoms with Gasteiger partial charge < -0.3 is 27.9 Å². The summed E-state index contributed by atoms with van der Waals surface area (Å²) in [5.41, 5.74) is 0. The molecule has 398 valence electrons. The predicted molar refractivity (Wildman–Crippen MR) is 295 cm³/mol. The summed E-state index contributed by atoms with van der Waals surface area (Å²) in [5, 5.41) is 0. The molecule has 0 saturated heterocycles. The number of phosphoric ester groups is 1. The lowest BCUT2D eigenvalue weighted by atomic mass is 10.1. The molecule has 0 heterocycles. The van der Waals surface area contributed by atoms with Gasteiger partial charge in [0.05, 0.1) is 27.7 Å². The van der Waals surface area contributed by atoms with Crippen LogP contribution in [-0.4, -0.2) is 70.0 Å². The fourth-order valence-electron chi connectivity index (χ4n) is 6.83. The smallest absolute Gasteiger partial charge is 0.306 e. The van der Waals surface area contributed by atoms with Crippen molar-refractivity contribution in [2.24, 2.45) is 0 Å². The fraction of sp³-hybridized carbons (Fsp3) is 0.633. The Hall–Kier alpha value is -3.59. The van der Waals surface area contributed by atoms with E-state index in [0.29, 0.717) is 23.9 Å². The Labute approximate surface area is 428 Å². The summed E-state index contributed by atoms with van der Waals surface area (Å²) in [6, 6.07) is 0. The van der Waals surface area contributed by atoms with Gasteiger partial charge in [0, 0.05) is 12.8 Å². The summed E-state index contributed by atoms with van der Waals surface area (Å²) >= 11 is 0. The first kappa shape index (κ1) is 66.4. The highest BCUT2D eigenvalue weighted by Crippen LogP contribution is 2.38. The standard InChI is InChI=1S/C60H100NO8P/c1-6-8-10-12-14-16-18-20-22-24-26-28-30-32-34-36-38-40-42-44-46-48-50-52-59(62)66-56-58(57-68-70(64,65)67-55-54-61(3,4)5)69-60(63)53-51-49-47-45-43-41-39-37-35-33-31-29-27-25-23-21-19-17-15-13-11-9-7-2/h8-11,14-17,20-23,26-29,33,35,39,41,58H,6-7,12-13,18-19,24-25,30-32,34,36-38,40,42-57H2,1-5H3/b10-8-,11-9-,16-14-,17-15-,22-20-,23-21-,28-26-,29-27-,35-33-,41-39-. The Bertz CT molecular complexity index is 1590. The number of hydrogen-bond donors (Lipinski definition) is 0. The van der Waals surface area contributed by atoms with E-state index in [4.69, 9.17) is 18.5 Å². The van der Waals surface area contributed by atoms with E-state index in [0.717, 1.165) is 116 Å². The average Bonchev–Trinajstić information content (AvgIpc) is 3.32. The minimum atomic E-state index is -4.65. The first-order valence-corrected chi connectivity index (χ1v) is 28.7. The number of nitrogens with zero attached hydrogens (tertiary/aromatic N) is 1. The average molecular weight is 994 g/mol. The van der Waals surface area contributed by atoms with Crippen LogP contribution in [0, 0.1) is 0 Å². The molecular formula is C60H100NO8P. The van der Waals surface area contributed by atoms with Gasteiger partial charge in [-0.3, -0.25) is 14.2 Å². The third-order valence-corrected chi connectivity index (χ3v) is 11.9. The Kier molecular flexibility index (Phi) is 47.8. The number of allylic oxidation sites excluding steroid dienone is 20. The van der Waals surface area contributed by atoms with Crippen molar-refractivity contribution in [3.05, 3.63) is 122 Å². The Morgan fingerprint density at radius 2 is 0.771 bits per heavy atom. The van der Waals surface area contributed by atoms with Crippen molar-refractivity contribution in [2.75, 3.05) is 47.5 Å². The molecule has 0 spiro atoms. The maximum absolute atomic E-state index is 12.8. The van der Waals surface area contributed by atoms with Gasteiger partial charge in [0.1, 0.15) is 19.8 Å². The monoisotopic (exact) mass is 994 g/mol. The highest BCUT2D eigenvalue weighted by Gasteiger charge is 2.21. The summed E-state index contributed by atoms with van der Waals surface area (Å²) in [6.45, 7) is 3.96. The molecule has 0 aromatic heterocycles.